The predicted octanol–water partition coefficient (Wildman–Crippen LogP) is 4.05. The molecule has 4 aromatic rings. The van der Waals surface area contributed by atoms with E-state index in [1.807, 2.05) is 24.3 Å². The van der Waals surface area contributed by atoms with Crippen LogP contribution in [0.3, 0.4) is 0 Å². The van der Waals surface area contributed by atoms with Crippen LogP contribution in [0.2, 0.25) is 0 Å². The Morgan fingerprint density at radius 2 is 1.94 bits per heavy atom. The number of rotatable bonds is 6. The van der Waals surface area contributed by atoms with Gasteiger partial charge >= 0.3 is 5.97 Å². The third-order valence-corrected chi connectivity index (χ3v) is 5.26. The third kappa shape index (κ3) is 4.18. The van der Waals surface area contributed by atoms with Crippen molar-refractivity contribution in [1.82, 2.24) is 14.8 Å². The van der Waals surface area contributed by atoms with Gasteiger partial charge in [-0.3, -0.25) is 14.3 Å². The molecule has 0 aliphatic rings. The van der Waals surface area contributed by atoms with Gasteiger partial charge in [0.25, 0.3) is 5.91 Å². The molecule has 0 bridgehead atoms. The van der Waals surface area contributed by atoms with E-state index in [2.05, 4.69) is 15.4 Å². The highest BCUT2D eigenvalue weighted by Gasteiger charge is 2.16. The molecule has 0 radical (unpaired) electrons. The summed E-state index contributed by atoms with van der Waals surface area (Å²) < 4.78 is 16.3. The Labute approximate surface area is 177 Å². The maximum absolute atomic E-state index is 14.7. The molecule has 0 spiro atoms. The first-order valence-corrected chi connectivity index (χ1v) is 9.74. The maximum atomic E-state index is 14.7. The van der Waals surface area contributed by atoms with E-state index in [0.29, 0.717) is 33.9 Å². The molecule has 158 valence electrons. The number of benzene rings is 2. The first-order valence-electron chi connectivity index (χ1n) is 9.74. The number of halogens is 1. The largest absolute Gasteiger partial charge is 0.481 e. The number of aromatic nitrogens is 3. The minimum absolute atomic E-state index is 0.126. The smallest absolute Gasteiger partial charge is 0.307 e. The molecular weight excluding hydrogens is 399 g/mol. The number of aromatic amines is 1. The lowest BCUT2D eigenvalue weighted by Crippen LogP contribution is -2.13. The van der Waals surface area contributed by atoms with Crippen molar-refractivity contribution >= 4 is 28.5 Å². The molecule has 7 nitrogen and oxygen atoms in total. The van der Waals surface area contributed by atoms with E-state index in [0.717, 1.165) is 10.9 Å². The summed E-state index contributed by atoms with van der Waals surface area (Å²) in [4.78, 5) is 26.6. The maximum Gasteiger partial charge on any atom is 0.307 e. The first-order chi connectivity index (χ1) is 14.8. The number of H-pyrrole nitrogens is 1. The number of hydrogen-bond donors (Lipinski definition) is 3. The summed E-state index contributed by atoms with van der Waals surface area (Å²) in [6, 6.07) is 13.8. The summed E-state index contributed by atoms with van der Waals surface area (Å²) >= 11 is 0. The van der Waals surface area contributed by atoms with Gasteiger partial charge in [-0.05, 0) is 38.1 Å². The Balaban J connectivity index is 1.50. The Kier molecular flexibility index (Phi) is 5.29. The Morgan fingerprint density at radius 1 is 1.16 bits per heavy atom. The summed E-state index contributed by atoms with van der Waals surface area (Å²) in [5.74, 6) is -1.78. The van der Waals surface area contributed by atoms with Gasteiger partial charge in [0.1, 0.15) is 11.5 Å². The summed E-state index contributed by atoms with van der Waals surface area (Å²) in [6.45, 7) is 3.67. The van der Waals surface area contributed by atoms with Crippen molar-refractivity contribution in [2.75, 3.05) is 5.32 Å². The molecule has 2 aromatic carbocycles. The molecule has 2 heterocycles. The van der Waals surface area contributed by atoms with E-state index >= 15 is 0 Å². The molecule has 0 aliphatic heterocycles. The number of aryl methyl sites for hydroxylation is 1. The molecule has 0 fully saturated rings. The predicted molar refractivity (Wildman–Crippen MR) is 115 cm³/mol. The van der Waals surface area contributed by atoms with Gasteiger partial charge in [0.15, 0.2) is 0 Å². The molecule has 0 atom stereocenters. The van der Waals surface area contributed by atoms with E-state index in [1.54, 1.807) is 36.7 Å². The number of nitrogens with one attached hydrogen (secondary N) is 2. The summed E-state index contributed by atoms with van der Waals surface area (Å²) in [5, 5.41) is 17.0. The van der Waals surface area contributed by atoms with Gasteiger partial charge in [-0.25, -0.2) is 4.39 Å². The highest BCUT2D eigenvalue weighted by Crippen LogP contribution is 2.21. The summed E-state index contributed by atoms with van der Waals surface area (Å²) in [5.41, 5.74) is 3.90. The summed E-state index contributed by atoms with van der Waals surface area (Å²) in [7, 11) is 0. The molecule has 0 unspecified atom stereocenters. The molecule has 4 rings (SSSR count). The highest BCUT2D eigenvalue weighted by atomic mass is 19.1. The van der Waals surface area contributed by atoms with Gasteiger partial charge in [-0.15, -0.1) is 0 Å². The standard InChI is InChI=1S/C23H21FN4O3/c1-13-18(11-22(29)30)14(2)28(27-13)12-16-7-8-17(10-19(16)24)25-23(31)21-9-15-5-3-4-6-20(15)26-21/h3-10,26H,11-12H2,1-2H3,(H,25,31)(H,29,30). The van der Waals surface area contributed by atoms with E-state index in [-0.39, 0.29) is 18.9 Å². The second-order valence-electron chi connectivity index (χ2n) is 7.41. The number of anilines is 1. The van der Waals surface area contributed by atoms with Crippen LogP contribution in [-0.2, 0) is 17.8 Å². The van der Waals surface area contributed by atoms with Crippen LogP contribution in [0.4, 0.5) is 10.1 Å². The van der Waals surface area contributed by atoms with Gasteiger partial charge in [0.05, 0.1) is 18.7 Å². The van der Waals surface area contributed by atoms with Gasteiger partial charge in [-0.2, -0.15) is 5.10 Å². The molecule has 8 heteroatoms. The number of nitrogens with zero attached hydrogens (tertiary/aromatic N) is 2. The zero-order valence-electron chi connectivity index (χ0n) is 17.1. The second-order valence-corrected chi connectivity index (χ2v) is 7.41. The molecule has 1 amide bonds. The molecule has 0 saturated heterocycles. The molecular formula is C23H21FN4O3. The van der Waals surface area contributed by atoms with Crippen molar-refractivity contribution in [2.24, 2.45) is 0 Å². The van der Waals surface area contributed by atoms with Crippen LogP contribution in [0.25, 0.3) is 10.9 Å². The average molecular weight is 420 g/mol. The minimum Gasteiger partial charge on any atom is -0.481 e. The number of aliphatic carboxylic acids is 1. The van der Waals surface area contributed by atoms with Gasteiger partial charge < -0.3 is 15.4 Å². The highest BCUT2D eigenvalue weighted by molar-refractivity contribution is 6.05. The molecule has 0 saturated carbocycles. The van der Waals surface area contributed by atoms with Crippen molar-refractivity contribution in [3.05, 3.63) is 82.6 Å². The normalized spacial score (nSPS) is 11.1. The quantitative estimate of drug-likeness (QED) is 0.438. The van der Waals surface area contributed by atoms with Crippen molar-refractivity contribution < 1.29 is 19.1 Å². The van der Waals surface area contributed by atoms with Gasteiger partial charge in [0, 0.05) is 33.4 Å². The van der Waals surface area contributed by atoms with Crippen LogP contribution < -0.4 is 5.32 Å². The lowest BCUT2D eigenvalue weighted by atomic mass is 10.1. The van der Waals surface area contributed by atoms with Crippen LogP contribution in [-0.4, -0.2) is 31.7 Å². The Bertz CT molecular complexity index is 1270. The van der Waals surface area contributed by atoms with Crippen molar-refractivity contribution in [1.29, 1.82) is 0 Å². The first kappa shape index (κ1) is 20.3. The monoisotopic (exact) mass is 420 g/mol. The molecule has 3 N–H and O–H groups in total. The average Bonchev–Trinajstić information content (AvgIpc) is 3.26. The third-order valence-electron chi connectivity index (χ3n) is 5.26. The van der Waals surface area contributed by atoms with Crippen LogP contribution in [0.5, 0.6) is 0 Å². The topological polar surface area (TPSA) is 100 Å². The number of fused-ring (bicyclic) bond motifs is 1. The Morgan fingerprint density at radius 3 is 2.65 bits per heavy atom. The number of carbonyl (C=O) groups is 2. The molecule has 31 heavy (non-hydrogen) atoms. The number of carboxylic acids is 1. The summed E-state index contributed by atoms with van der Waals surface area (Å²) in [6.07, 6.45) is -0.126. The van der Waals surface area contributed by atoms with E-state index in [1.165, 1.54) is 6.07 Å². The molecule has 2 aromatic heterocycles. The van der Waals surface area contributed by atoms with Crippen LogP contribution in [0.15, 0.2) is 48.5 Å². The van der Waals surface area contributed by atoms with E-state index in [9.17, 15) is 14.0 Å². The lowest BCUT2D eigenvalue weighted by Gasteiger charge is -2.09. The van der Waals surface area contributed by atoms with Crippen LogP contribution >= 0.6 is 0 Å². The fourth-order valence-corrected chi connectivity index (χ4v) is 3.60. The number of hydrogen-bond acceptors (Lipinski definition) is 3. The lowest BCUT2D eigenvalue weighted by molar-refractivity contribution is -0.136. The van der Waals surface area contributed by atoms with Crippen LogP contribution in [0.1, 0.15) is 33.0 Å². The van der Waals surface area contributed by atoms with Crippen molar-refractivity contribution in [2.45, 2.75) is 26.8 Å². The van der Waals surface area contributed by atoms with E-state index < -0.39 is 11.8 Å². The van der Waals surface area contributed by atoms with E-state index in [4.69, 9.17) is 5.11 Å². The minimum atomic E-state index is -0.938. The Hall–Kier alpha value is -3.94. The molecule has 0 aliphatic carbocycles. The SMILES string of the molecule is Cc1nn(Cc2ccc(NC(=O)c3cc4ccccc4[nH]3)cc2F)c(C)c1CC(=O)O. The fourth-order valence-electron chi connectivity index (χ4n) is 3.60. The number of amides is 1. The zero-order chi connectivity index (χ0) is 22.1. The number of para-hydroxylation sites is 1. The van der Waals surface area contributed by atoms with Crippen molar-refractivity contribution in [3.63, 3.8) is 0 Å². The zero-order valence-corrected chi connectivity index (χ0v) is 17.1. The van der Waals surface area contributed by atoms with Crippen molar-refractivity contribution in [3.8, 4) is 0 Å². The fraction of sp³-hybridized carbons (Fsp3) is 0.174. The van der Waals surface area contributed by atoms with Gasteiger partial charge in [-0.1, -0.05) is 24.3 Å². The van der Waals surface area contributed by atoms with Gasteiger partial charge in [0.2, 0.25) is 0 Å². The number of carboxylic acid groups (broad SMARTS) is 1. The van der Waals surface area contributed by atoms with Crippen LogP contribution in [0, 0.1) is 19.7 Å². The number of carbonyl (C=O) groups excluding carboxylic acids is 1. The second kappa shape index (κ2) is 8.06.